The maximum Gasteiger partial charge on any atom is 3.00 e. The fraction of sp³-hybridized carbons (Fsp3) is 0. The molecular formula is C135H84IrN3. The Morgan fingerprint density at radius 1 is 0.129 bits per heavy atom. The second-order valence-electron chi connectivity index (χ2n) is 35.8. The van der Waals surface area contributed by atoms with Crippen molar-refractivity contribution in [1.82, 2.24) is 15.0 Å². The zero-order valence-electron chi connectivity index (χ0n) is 75.7. The van der Waals surface area contributed by atoms with Crippen molar-refractivity contribution in [3.05, 3.63) is 528 Å². The van der Waals surface area contributed by atoms with Crippen molar-refractivity contribution >= 4 is 65.0 Å². The minimum Gasteiger partial charge on any atom is -0.303 e. The molecule has 648 valence electrons. The third kappa shape index (κ3) is 16.4. The summed E-state index contributed by atoms with van der Waals surface area (Å²) in [5.74, 6) is 0. The van der Waals surface area contributed by atoms with Crippen LogP contribution < -0.4 is 0 Å². The van der Waals surface area contributed by atoms with Gasteiger partial charge in [-0.05, 0) is 307 Å². The van der Waals surface area contributed by atoms with Gasteiger partial charge in [-0.2, -0.15) is 0 Å². The Hall–Kier alpha value is -17.5. The Bertz CT molecular complexity index is 8030. The summed E-state index contributed by atoms with van der Waals surface area (Å²) in [5.41, 5.74) is 43.1. The van der Waals surface area contributed by atoms with Crippen molar-refractivity contribution in [3.8, 4) is 200 Å². The van der Waals surface area contributed by atoms with E-state index in [2.05, 4.69) is 528 Å². The van der Waals surface area contributed by atoms with Gasteiger partial charge in [-0.25, -0.2) is 0 Å². The van der Waals surface area contributed by atoms with Crippen LogP contribution in [0.25, 0.3) is 265 Å². The average Bonchev–Trinajstić information content (AvgIpc) is 0.754. The minimum atomic E-state index is 0. The summed E-state index contributed by atoms with van der Waals surface area (Å²) in [5, 5.41) is 9.28. The van der Waals surface area contributed by atoms with Gasteiger partial charge in [0, 0.05) is 18.6 Å². The molecular weight excluding hydrogens is 1860 g/mol. The molecule has 0 bridgehead atoms. The van der Waals surface area contributed by atoms with Gasteiger partial charge in [-0.3, -0.25) is 0 Å². The number of pyridine rings is 3. The second-order valence-corrected chi connectivity index (χ2v) is 35.8. The number of rotatable bonds is 18. The van der Waals surface area contributed by atoms with E-state index in [0.29, 0.717) is 0 Å². The van der Waals surface area contributed by atoms with Crippen molar-refractivity contribution in [2.75, 3.05) is 0 Å². The maximum atomic E-state index is 5.45. The summed E-state index contributed by atoms with van der Waals surface area (Å²) in [7, 11) is 0. The molecule has 0 N–H and O–H groups in total. The molecule has 3 aromatic heterocycles. The first-order valence-electron chi connectivity index (χ1n) is 47.1. The quantitative estimate of drug-likeness (QED) is 0.0635. The number of nitrogens with zero attached hydrogens (tertiary/aromatic N) is 3. The van der Waals surface area contributed by atoms with E-state index >= 15 is 0 Å². The van der Waals surface area contributed by atoms with Crippen LogP contribution in [0.2, 0.25) is 0 Å². The van der Waals surface area contributed by atoms with Crippen LogP contribution in [0.4, 0.5) is 0 Å². The molecule has 22 aromatic carbocycles. The Kier molecular flexibility index (Phi) is 22.3. The van der Waals surface area contributed by atoms with Gasteiger partial charge < -0.3 is 15.0 Å². The topological polar surface area (TPSA) is 38.7 Å². The molecule has 0 radical (unpaired) electrons. The molecule has 4 heteroatoms. The van der Waals surface area contributed by atoms with E-state index in [-0.39, 0.29) is 20.1 Å². The Balaban J connectivity index is 0.0000105. The smallest absolute Gasteiger partial charge is 0.303 e. The molecule has 0 aliphatic heterocycles. The van der Waals surface area contributed by atoms with E-state index < -0.39 is 0 Å². The van der Waals surface area contributed by atoms with Crippen molar-refractivity contribution in [1.29, 1.82) is 0 Å². The number of hydrogen-bond acceptors (Lipinski definition) is 3. The van der Waals surface area contributed by atoms with E-state index in [1.807, 2.05) is 0 Å². The summed E-state index contributed by atoms with van der Waals surface area (Å²) in [4.78, 5) is 16.4. The standard InChI is InChI=1S/C135H84N3.Ir/c1-7-31-88(32-8-1)103-73-104(89-33-9-2-10-34-89)77-109(76-103)94-43-25-46-97(67-94)118-55-28-58-130-127(118)64-61-100-70-115(85-136-133(100)130)124-52-22-19-49-121(124)112-82-113(122-50-20-23-53-125(122)116-71-101-62-65-128-119(56-29-59-131(128)134(101)137-86-116)98-47-26-44-95(68-98)110-78-105(90-35-11-3-12-36-90)74-106(79-110)91-37-13-4-14-38-91)84-114(83-112)123-51-21-24-54-126(123)117-72-102-63-66-129-120(57-30-60-132(129)135(102)138-87-117)99-48-27-45-96(69-99)111-80-107(92-39-15-5-16-40-92)75-108(81-111)93-41-17-6-18-42-93;/h1-57,61-87H;/q-3;+3. The molecule has 0 aliphatic rings. The van der Waals surface area contributed by atoms with Gasteiger partial charge in [-0.1, -0.05) is 397 Å². The van der Waals surface area contributed by atoms with Crippen LogP contribution in [-0.2, 0) is 20.1 Å². The van der Waals surface area contributed by atoms with E-state index in [1.165, 1.54) is 66.8 Å². The molecule has 0 saturated carbocycles. The van der Waals surface area contributed by atoms with E-state index in [4.69, 9.17) is 15.0 Å². The number of hydrogen-bond donors (Lipinski definition) is 0. The fourth-order valence-corrected chi connectivity index (χ4v) is 20.6. The molecule has 0 unspecified atom stereocenters. The first-order chi connectivity index (χ1) is 68.3. The van der Waals surface area contributed by atoms with Gasteiger partial charge in [-0.15, -0.1) is 70.8 Å². The first kappa shape index (κ1) is 84.5. The predicted molar refractivity (Wildman–Crippen MR) is 579 cm³/mol. The molecule has 0 fully saturated rings. The van der Waals surface area contributed by atoms with Crippen LogP contribution in [-0.4, -0.2) is 15.0 Å². The average molecular weight is 1940 g/mol. The van der Waals surface area contributed by atoms with Crippen LogP contribution in [0.3, 0.4) is 0 Å². The van der Waals surface area contributed by atoms with Gasteiger partial charge in [0.05, 0.1) is 0 Å². The molecule has 25 aromatic rings. The molecule has 139 heavy (non-hydrogen) atoms. The van der Waals surface area contributed by atoms with Crippen LogP contribution in [0.5, 0.6) is 0 Å². The van der Waals surface area contributed by atoms with Gasteiger partial charge in [0.25, 0.3) is 0 Å². The molecule has 3 heterocycles. The van der Waals surface area contributed by atoms with Crippen LogP contribution >= 0.6 is 0 Å². The molecule has 0 saturated heterocycles. The second kappa shape index (κ2) is 36.7. The van der Waals surface area contributed by atoms with Gasteiger partial charge in [0.2, 0.25) is 0 Å². The molecule has 3 nitrogen and oxygen atoms in total. The summed E-state index contributed by atoms with van der Waals surface area (Å²) in [6, 6.07) is 190. The molecule has 0 spiro atoms. The van der Waals surface area contributed by atoms with Crippen molar-refractivity contribution < 1.29 is 20.1 Å². The Morgan fingerprint density at radius 2 is 0.317 bits per heavy atom. The summed E-state index contributed by atoms with van der Waals surface area (Å²) >= 11 is 0. The monoisotopic (exact) mass is 1940 g/mol. The summed E-state index contributed by atoms with van der Waals surface area (Å²) < 4.78 is 0. The molecule has 25 rings (SSSR count). The zero-order valence-corrected chi connectivity index (χ0v) is 78.1. The van der Waals surface area contributed by atoms with Crippen LogP contribution in [0.15, 0.2) is 510 Å². The molecule has 0 amide bonds. The first-order valence-corrected chi connectivity index (χ1v) is 47.1. The van der Waals surface area contributed by atoms with Crippen molar-refractivity contribution in [2.24, 2.45) is 0 Å². The summed E-state index contributed by atoms with van der Waals surface area (Å²) in [6.45, 7) is 0. The Labute approximate surface area is 822 Å². The largest absolute Gasteiger partial charge is 3.00 e. The van der Waals surface area contributed by atoms with E-state index in [0.717, 1.165) is 199 Å². The Morgan fingerprint density at radius 3 is 0.554 bits per heavy atom. The zero-order chi connectivity index (χ0) is 91.4. The molecule has 0 atom stereocenters. The third-order valence-electron chi connectivity index (χ3n) is 27.4. The van der Waals surface area contributed by atoms with Gasteiger partial charge in [0.1, 0.15) is 0 Å². The SMILES string of the molecule is [Ir+3].[c-]1ccc(-c2cccc(-c3cc(-c4ccccc4)cc(-c4ccccc4)c3)c2)c2ccc3cc(-c4ccccc4-c4cc(-c5ccccc5-c5cnc6c(ccc7c(-c8cccc(-c9cc(-c%10ccccc%10)cc(-c%10ccccc%10)c9)c8)cc[c-]c76)c5)cc(-c5ccccc5-c5cnc6c(ccc7c(-c8cccc(-c9cc(-c%10ccccc%10)cc(-c%10ccccc%10)c9)c8)cc[c-]c76)c5)c4)cnc3c12. The number of fused-ring (bicyclic) bond motifs is 9. The summed E-state index contributed by atoms with van der Waals surface area (Å²) in [6.07, 6.45) is 6.17. The van der Waals surface area contributed by atoms with E-state index in [1.54, 1.807) is 0 Å². The molecule has 0 aliphatic carbocycles. The fourth-order valence-electron chi connectivity index (χ4n) is 20.6. The van der Waals surface area contributed by atoms with Crippen molar-refractivity contribution in [2.45, 2.75) is 0 Å². The number of aromatic nitrogens is 3. The normalized spacial score (nSPS) is 11.4. The van der Waals surface area contributed by atoms with Gasteiger partial charge in [0.15, 0.2) is 0 Å². The minimum absolute atomic E-state index is 0. The van der Waals surface area contributed by atoms with Gasteiger partial charge >= 0.3 is 20.1 Å². The van der Waals surface area contributed by atoms with E-state index in [9.17, 15) is 0 Å². The van der Waals surface area contributed by atoms with Crippen LogP contribution in [0, 0.1) is 18.2 Å². The van der Waals surface area contributed by atoms with Crippen molar-refractivity contribution in [3.63, 3.8) is 0 Å². The maximum absolute atomic E-state index is 5.45. The third-order valence-corrected chi connectivity index (χ3v) is 27.4. The number of benzene rings is 22. The van der Waals surface area contributed by atoms with Crippen LogP contribution in [0.1, 0.15) is 0 Å². The predicted octanol–water partition coefficient (Wildman–Crippen LogP) is 36.2.